The van der Waals surface area contributed by atoms with Gasteiger partial charge in [-0.2, -0.15) is 0 Å². The highest BCUT2D eigenvalue weighted by atomic mass is 16.2. The molecule has 2 fully saturated rings. The van der Waals surface area contributed by atoms with Crippen molar-refractivity contribution in [1.29, 1.82) is 0 Å². The summed E-state index contributed by atoms with van der Waals surface area (Å²) in [7, 11) is 0. The first-order chi connectivity index (χ1) is 14.5. The Morgan fingerprint density at radius 1 is 1.10 bits per heavy atom. The number of piperazine rings is 1. The molecule has 0 unspecified atom stereocenters. The summed E-state index contributed by atoms with van der Waals surface area (Å²) in [6, 6.07) is 12.8. The summed E-state index contributed by atoms with van der Waals surface area (Å²) >= 11 is 0. The molecule has 1 aliphatic heterocycles. The van der Waals surface area contributed by atoms with Crippen LogP contribution in [0.2, 0.25) is 0 Å². The van der Waals surface area contributed by atoms with Crippen LogP contribution in [0.1, 0.15) is 49.7 Å². The predicted molar refractivity (Wildman–Crippen MR) is 120 cm³/mol. The van der Waals surface area contributed by atoms with Crippen molar-refractivity contribution in [3.63, 3.8) is 0 Å². The molecule has 0 N–H and O–H groups in total. The maximum atomic E-state index is 13.1. The van der Waals surface area contributed by atoms with E-state index in [1.54, 1.807) is 0 Å². The SMILES string of the molecule is Cc1cc(N2CCN(CC(=O)N(Cc3ccccc3)C3CC3)CC2)nc(C(C)C)n1. The van der Waals surface area contributed by atoms with Crippen LogP contribution in [0.4, 0.5) is 5.82 Å². The number of nitrogens with zero attached hydrogens (tertiary/aromatic N) is 5. The van der Waals surface area contributed by atoms with Crippen molar-refractivity contribution in [2.75, 3.05) is 37.6 Å². The van der Waals surface area contributed by atoms with E-state index in [1.165, 1.54) is 5.56 Å². The molecule has 1 amide bonds. The second kappa shape index (κ2) is 9.13. The topological polar surface area (TPSA) is 52.6 Å². The molecule has 160 valence electrons. The highest BCUT2D eigenvalue weighted by molar-refractivity contribution is 5.79. The van der Waals surface area contributed by atoms with E-state index < -0.39 is 0 Å². The third kappa shape index (κ3) is 5.17. The number of hydrogen-bond donors (Lipinski definition) is 0. The second-order valence-electron chi connectivity index (χ2n) is 8.88. The molecule has 30 heavy (non-hydrogen) atoms. The van der Waals surface area contributed by atoms with Crippen LogP contribution in [-0.4, -0.2) is 64.4 Å². The molecule has 2 aromatic rings. The number of aromatic nitrogens is 2. The highest BCUT2D eigenvalue weighted by Crippen LogP contribution is 2.28. The summed E-state index contributed by atoms with van der Waals surface area (Å²) in [6.45, 7) is 11.1. The van der Waals surface area contributed by atoms with Crippen molar-refractivity contribution >= 4 is 11.7 Å². The summed E-state index contributed by atoms with van der Waals surface area (Å²) in [6.07, 6.45) is 2.27. The van der Waals surface area contributed by atoms with Gasteiger partial charge in [0, 0.05) is 56.4 Å². The van der Waals surface area contributed by atoms with E-state index >= 15 is 0 Å². The lowest BCUT2D eigenvalue weighted by Crippen LogP contribution is -2.50. The highest BCUT2D eigenvalue weighted by Gasteiger charge is 2.33. The fourth-order valence-electron chi connectivity index (χ4n) is 4.00. The monoisotopic (exact) mass is 407 g/mol. The number of benzene rings is 1. The molecule has 1 aromatic heterocycles. The fraction of sp³-hybridized carbons (Fsp3) is 0.542. The Labute approximate surface area is 179 Å². The van der Waals surface area contributed by atoms with E-state index in [9.17, 15) is 4.79 Å². The molecule has 1 aliphatic carbocycles. The zero-order valence-corrected chi connectivity index (χ0v) is 18.4. The van der Waals surface area contributed by atoms with E-state index in [2.05, 4.69) is 51.7 Å². The number of aryl methyl sites for hydroxylation is 1. The van der Waals surface area contributed by atoms with Crippen molar-refractivity contribution in [3.8, 4) is 0 Å². The summed E-state index contributed by atoms with van der Waals surface area (Å²) < 4.78 is 0. The third-order valence-corrected chi connectivity index (χ3v) is 5.93. The maximum Gasteiger partial charge on any atom is 0.237 e. The van der Waals surface area contributed by atoms with Crippen LogP contribution in [-0.2, 0) is 11.3 Å². The van der Waals surface area contributed by atoms with Crippen LogP contribution in [0.3, 0.4) is 0 Å². The number of anilines is 1. The van der Waals surface area contributed by atoms with E-state index in [1.807, 2.05) is 25.1 Å². The smallest absolute Gasteiger partial charge is 0.237 e. The Morgan fingerprint density at radius 3 is 2.43 bits per heavy atom. The molecule has 0 spiro atoms. The van der Waals surface area contributed by atoms with Gasteiger partial charge in [0.2, 0.25) is 5.91 Å². The summed E-state index contributed by atoms with van der Waals surface area (Å²) in [5, 5.41) is 0. The van der Waals surface area contributed by atoms with Gasteiger partial charge in [-0.1, -0.05) is 44.2 Å². The molecule has 2 heterocycles. The molecule has 0 atom stereocenters. The first kappa shape index (κ1) is 20.8. The zero-order chi connectivity index (χ0) is 21.1. The lowest BCUT2D eigenvalue weighted by molar-refractivity contribution is -0.133. The van der Waals surface area contributed by atoms with E-state index in [4.69, 9.17) is 4.98 Å². The number of carbonyl (C=O) groups excluding carboxylic acids is 1. The first-order valence-corrected chi connectivity index (χ1v) is 11.2. The minimum atomic E-state index is 0.259. The Balaban J connectivity index is 1.33. The van der Waals surface area contributed by atoms with E-state index in [0.717, 1.165) is 62.9 Å². The van der Waals surface area contributed by atoms with Gasteiger partial charge in [-0.3, -0.25) is 9.69 Å². The van der Waals surface area contributed by atoms with Crippen LogP contribution in [0.15, 0.2) is 36.4 Å². The molecule has 4 rings (SSSR count). The van der Waals surface area contributed by atoms with Crippen LogP contribution in [0, 0.1) is 6.92 Å². The summed E-state index contributed by atoms with van der Waals surface area (Å²) in [4.78, 5) is 29.1. The molecule has 1 saturated carbocycles. The molecule has 6 nitrogen and oxygen atoms in total. The van der Waals surface area contributed by atoms with Crippen molar-refractivity contribution in [2.45, 2.75) is 52.1 Å². The second-order valence-corrected chi connectivity index (χ2v) is 8.88. The number of carbonyl (C=O) groups is 1. The molecule has 0 radical (unpaired) electrons. The Hall–Kier alpha value is -2.47. The van der Waals surface area contributed by atoms with Gasteiger partial charge in [0.1, 0.15) is 11.6 Å². The van der Waals surface area contributed by atoms with Crippen molar-refractivity contribution in [3.05, 3.63) is 53.5 Å². The molecule has 6 heteroatoms. The van der Waals surface area contributed by atoms with Gasteiger partial charge in [-0.25, -0.2) is 9.97 Å². The zero-order valence-electron chi connectivity index (χ0n) is 18.4. The normalized spacial score (nSPS) is 17.4. The lowest BCUT2D eigenvalue weighted by Gasteiger charge is -2.36. The third-order valence-electron chi connectivity index (χ3n) is 5.93. The van der Waals surface area contributed by atoms with E-state index in [-0.39, 0.29) is 5.91 Å². The Morgan fingerprint density at radius 2 is 1.80 bits per heavy atom. The maximum absolute atomic E-state index is 13.1. The Kier molecular flexibility index (Phi) is 6.32. The van der Waals surface area contributed by atoms with E-state index in [0.29, 0.717) is 18.5 Å². The number of rotatable bonds is 7. The van der Waals surface area contributed by atoms with Crippen LogP contribution in [0.25, 0.3) is 0 Å². The standard InChI is InChI=1S/C24H33N5O/c1-18(2)24-25-19(3)15-22(26-24)28-13-11-27(12-14-28)17-23(30)29(21-9-10-21)16-20-7-5-4-6-8-20/h4-8,15,18,21H,9-14,16-17H2,1-3H3. The van der Waals surface area contributed by atoms with Crippen molar-refractivity contribution < 1.29 is 4.79 Å². The molecular formula is C24H33N5O. The van der Waals surface area contributed by atoms with Gasteiger partial charge in [0.05, 0.1) is 6.54 Å². The molecule has 0 bridgehead atoms. The predicted octanol–water partition coefficient (Wildman–Crippen LogP) is 3.22. The van der Waals surface area contributed by atoms with Gasteiger partial charge in [0.25, 0.3) is 0 Å². The quantitative estimate of drug-likeness (QED) is 0.705. The van der Waals surface area contributed by atoms with Gasteiger partial charge in [-0.05, 0) is 25.3 Å². The average molecular weight is 408 g/mol. The number of amides is 1. The first-order valence-electron chi connectivity index (χ1n) is 11.2. The van der Waals surface area contributed by atoms with Gasteiger partial charge >= 0.3 is 0 Å². The molecular weight excluding hydrogens is 374 g/mol. The van der Waals surface area contributed by atoms with Gasteiger partial charge in [0.15, 0.2) is 0 Å². The van der Waals surface area contributed by atoms with Crippen LogP contribution < -0.4 is 4.90 Å². The summed E-state index contributed by atoms with van der Waals surface area (Å²) in [5.74, 6) is 2.50. The molecule has 1 aromatic carbocycles. The van der Waals surface area contributed by atoms with Crippen molar-refractivity contribution in [2.24, 2.45) is 0 Å². The fourth-order valence-corrected chi connectivity index (χ4v) is 4.00. The average Bonchev–Trinajstić information content (AvgIpc) is 3.58. The largest absolute Gasteiger partial charge is 0.354 e. The lowest BCUT2D eigenvalue weighted by atomic mass is 10.2. The Bertz CT molecular complexity index is 857. The minimum absolute atomic E-state index is 0.259. The molecule has 2 aliphatic rings. The molecule has 1 saturated heterocycles. The van der Waals surface area contributed by atoms with Crippen LogP contribution >= 0.6 is 0 Å². The number of hydrogen-bond acceptors (Lipinski definition) is 5. The van der Waals surface area contributed by atoms with Gasteiger partial charge in [-0.15, -0.1) is 0 Å². The van der Waals surface area contributed by atoms with Crippen molar-refractivity contribution in [1.82, 2.24) is 19.8 Å². The van der Waals surface area contributed by atoms with Crippen LogP contribution in [0.5, 0.6) is 0 Å². The van der Waals surface area contributed by atoms with Gasteiger partial charge < -0.3 is 9.80 Å². The summed E-state index contributed by atoms with van der Waals surface area (Å²) in [5.41, 5.74) is 2.23. The minimum Gasteiger partial charge on any atom is -0.354 e.